The Labute approximate surface area is 143 Å². The number of nitro benzene ring substituents is 1. The van der Waals surface area contributed by atoms with E-state index in [0.717, 1.165) is 5.56 Å². The molecule has 0 bridgehead atoms. The lowest BCUT2D eigenvalue weighted by Crippen LogP contribution is -2.45. The standard InChI is InChI=1S/C16H17N3O4S/c1-11(16(21)18(2)9-12-6-7-24-10-12)17-15(20)13-4-3-5-14(8-13)19(22)23/h3-8,10-11H,9H2,1-2H3,(H,17,20)/t11-/m1/s1. The van der Waals surface area contributed by atoms with Crippen LogP contribution in [-0.4, -0.2) is 34.7 Å². The van der Waals surface area contributed by atoms with Crippen LogP contribution in [0.5, 0.6) is 0 Å². The molecule has 2 rings (SSSR count). The van der Waals surface area contributed by atoms with E-state index in [1.54, 1.807) is 25.3 Å². The Morgan fingerprint density at radius 2 is 2.12 bits per heavy atom. The zero-order valence-electron chi connectivity index (χ0n) is 13.3. The molecular formula is C16H17N3O4S. The maximum atomic E-state index is 12.3. The molecule has 1 N–H and O–H groups in total. The van der Waals surface area contributed by atoms with Gasteiger partial charge in [0.25, 0.3) is 11.6 Å². The highest BCUT2D eigenvalue weighted by Gasteiger charge is 2.21. The number of nitrogens with one attached hydrogen (secondary N) is 1. The summed E-state index contributed by atoms with van der Waals surface area (Å²) in [5.41, 5.74) is 0.994. The predicted octanol–water partition coefficient (Wildman–Crippen LogP) is 2.43. The number of non-ortho nitro benzene ring substituents is 1. The van der Waals surface area contributed by atoms with Gasteiger partial charge in [-0.3, -0.25) is 19.7 Å². The van der Waals surface area contributed by atoms with Gasteiger partial charge in [0, 0.05) is 31.3 Å². The second-order valence-corrected chi connectivity index (χ2v) is 6.11. The second kappa shape index (κ2) is 7.69. The third kappa shape index (κ3) is 4.39. The molecule has 0 aliphatic rings. The highest BCUT2D eigenvalue weighted by atomic mass is 32.1. The third-order valence-electron chi connectivity index (χ3n) is 3.41. The predicted molar refractivity (Wildman–Crippen MR) is 90.8 cm³/mol. The molecule has 2 aromatic rings. The van der Waals surface area contributed by atoms with Gasteiger partial charge in [0.2, 0.25) is 5.91 Å². The molecule has 24 heavy (non-hydrogen) atoms. The fraction of sp³-hybridized carbons (Fsp3) is 0.250. The quantitative estimate of drug-likeness (QED) is 0.641. The highest BCUT2D eigenvalue weighted by Crippen LogP contribution is 2.13. The van der Waals surface area contributed by atoms with Crippen LogP contribution in [0.1, 0.15) is 22.8 Å². The Bertz CT molecular complexity index is 746. The van der Waals surface area contributed by atoms with Gasteiger partial charge < -0.3 is 10.2 Å². The van der Waals surface area contributed by atoms with Gasteiger partial charge in [-0.05, 0) is 35.4 Å². The first-order chi connectivity index (χ1) is 11.4. The molecule has 0 saturated heterocycles. The lowest BCUT2D eigenvalue weighted by atomic mass is 10.1. The first-order valence-electron chi connectivity index (χ1n) is 7.20. The summed E-state index contributed by atoms with van der Waals surface area (Å²) in [5, 5.41) is 17.2. The Morgan fingerprint density at radius 1 is 1.38 bits per heavy atom. The minimum Gasteiger partial charge on any atom is -0.341 e. The highest BCUT2D eigenvalue weighted by molar-refractivity contribution is 7.07. The van der Waals surface area contributed by atoms with Crippen molar-refractivity contribution in [2.75, 3.05) is 7.05 Å². The number of amides is 2. The van der Waals surface area contributed by atoms with E-state index in [0.29, 0.717) is 6.54 Å². The van der Waals surface area contributed by atoms with E-state index in [-0.39, 0.29) is 17.2 Å². The van der Waals surface area contributed by atoms with E-state index in [1.807, 2.05) is 16.8 Å². The number of nitro groups is 1. The molecule has 8 heteroatoms. The van der Waals surface area contributed by atoms with Crippen molar-refractivity contribution in [2.45, 2.75) is 19.5 Å². The molecule has 0 fully saturated rings. The Hall–Kier alpha value is -2.74. The summed E-state index contributed by atoms with van der Waals surface area (Å²) >= 11 is 1.55. The van der Waals surface area contributed by atoms with Crippen molar-refractivity contribution in [2.24, 2.45) is 0 Å². The van der Waals surface area contributed by atoms with Crippen LogP contribution >= 0.6 is 11.3 Å². The van der Waals surface area contributed by atoms with E-state index in [2.05, 4.69) is 5.32 Å². The van der Waals surface area contributed by atoms with Gasteiger partial charge >= 0.3 is 0 Å². The second-order valence-electron chi connectivity index (χ2n) is 5.33. The Morgan fingerprint density at radius 3 is 2.75 bits per heavy atom. The van der Waals surface area contributed by atoms with E-state index in [9.17, 15) is 19.7 Å². The van der Waals surface area contributed by atoms with Crippen LogP contribution < -0.4 is 5.32 Å². The molecule has 1 atom stereocenters. The maximum Gasteiger partial charge on any atom is 0.270 e. The number of carbonyl (C=O) groups excluding carboxylic acids is 2. The topological polar surface area (TPSA) is 92.5 Å². The summed E-state index contributed by atoms with van der Waals surface area (Å²) in [6, 6.07) is 6.58. The van der Waals surface area contributed by atoms with Crippen molar-refractivity contribution in [3.05, 3.63) is 62.3 Å². The number of carbonyl (C=O) groups is 2. The monoisotopic (exact) mass is 347 g/mol. The van der Waals surface area contributed by atoms with Crippen molar-refractivity contribution in [3.63, 3.8) is 0 Å². The van der Waals surface area contributed by atoms with Crippen molar-refractivity contribution in [1.82, 2.24) is 10.2 Å². The smallest absolute Gasteiger partial charge is 0.270 e. The molecule has 2 amide bonds. The van der Waals surface area contributed by atoms with E-state index >= 15 is 0 Å². The third-order valence-corrected chi connectivity index (χ3v) is 4.15. The zero-order valence-corrected chi connectivity index (χ0v) is 14.1. The molecule has 1 aromatic heterocycles. The molecule has 0 aliphatic carbocycles. The first kappa shape index (κ1) is 17.6. The minimum atomic E-state index is -0.736. The fourth-order valence-electron chi connectivity index (χ4n) is 2.17. The van der Waals surface area contributed by atoms with Crippen LogP contribution in [0.4, 0.5) is 5.69 Å². The van der Waals surface area contributed by atoms with Gasteiger partial charge in [0.15, 0.2) is 0 Å². The summed E-state index contributed by atoms with van der Waals surface area (Å²) in [6.45, 7) is 2.04. The van der Waals surface area contributed by atoms with Gasteiger partial charge in [-0.2, -0.15) is 11.3 Å². The van der Waals surface area contributed by atoms with Gasteiger partial charge in [-0.1, -0.05) is 6.07 Å². The zero-order chi connectivity index (χ0) is 17.7. The van der Waals surface area contributed by atoms with Crippen LogP contribution in [0, 0.1) is 10.1 Å². The number of nitrogens with zero attached hydrogens (tertiary/aromatic N) is 2. The first-order valence-corrected chi connectivity index (χ1v) is 8.14. The van der Waals surface area contributed by atoms with Gasteiger partial charge in [-0.25, -0.2) is 0 Å². The Balaban J connectivity index is 1.98. The molecule has 0 spiro atoms. The summed E-state index contributed by atoms with van der Waals surface area (Å²) in [5.74, 6) is -0.761. The molecular weight excluding hydrogens is 330 g/mol. The summed E-state index contributed by atoms with van der Waals surface area (Å²) < 4.78 is 0. The minimum absolute atomic E-state index is 0.143. The normalized spacial score (nSPS) is 11.6. The lowest BCUT2D eigenvalue weighted by molar-refractivity contribution is -0.384. The fourth-order valence-corrected chi connectivity index (χ4v) is 2.83. The number of hydrogen-bond acceptors (Lipinski definition) is 5. The maximum absolute atomic E-state index is 12.3. The van der Waals surface area contributed by atoms with Crippen LogP contribution in [0.15, 0.2) is 41.1 Å². The molecule has 7 nitrogen and oxygen atoms in total. The summed E-state index contributed by atoms with van der Waals surface area (Å²) in [4.78, 5) is 36.2. The molecule has 1 aromatic carbocycles. The number of likely N-dealkylation sites (N-methyl/N-ethyl adjacent to an activating group) is 1. The molecule has 126 valence electrons. The van der Waals surface area contributed by atoms with Crippen LogP contribution in [-0.2, 0) is 11.3 Å². The largest absolute Gasteiger partial charge is 0.341 e. The van der Waals surface area contributed by atoms with Gasteiger partial charge in [0.1, 0.15) is 6.04 Å². The van der Waals surface area contributed by atoms with Crippen molar-refractivity contribution < 1.29 is 14.5 Å². The summed E-state index contributed by atoms with van der Waals surface area (Å²) in [6.07, 6.45) is 0. The van der Waals surface area contributed by atoms with Crippen molar-refractivity contribution in [3.8, 4) is 0 Å². The number of rotatable bonds is 6. The number of benzene rings is 1. The van der Waals surface area contributed by atoms with Crippen LogP contribution in [0.25, 0.3) is 0 Å². The van der Waals surface area contributed by atoms with E-state index < -0.39 is 16.9 Å². The van der Waals surface area contributed by atoms with Crippen LogP contribution in [0.2, 0.25) is 0 Å². The number of thiophene rings is 1. The van der Waals surface area contributed by atoms with Gasteiger partial charge in [0.05, 0.1) is 4.92 Å². The molecule has 0 saturated carbocycles. The summed E-state index contributed by atoms with van der Waals surface area (Å²) in [7, 11) is 1.66. The van der Waals surface area contributed by atoms with Gasteiger partial charge in [-0.15, -0.1) is 0 Å². The molecule has 0 unspecified atom stereocenters. The molecule has 0 aliphatic heterocycles. The van der Waals surface area contributed by atoms with E-state index in [1.165, 1.54) is 29.2 Å². The Kier molecular flexibility index (Phi) is 5.64. The lowest BCUT2D eigenvalue weighted by Gasteiger charge is -2.21. The molecule has 0 radical (unpaired) electrons. The van der Waals surface area contributed by atoms with Crippen molar-refractivity contribution >= 4 is 28.8 Å². The molecule has 1 heterocycles. The van der Waals surface area contributed by atoms with Crippen molar-refractivity contribution in [1.29, 1.82) is 0 Å². The average molecular weight is 347 g/mol. The number of hydrogen-bond donors (Lipinski definition) is 1. The SMILES string of the molecule is C[C@@H](NC(=O)c1cccc([N+](=O)[O-])c1)C(=O)N(C)Cc1ccsc1. The van der Waals surface area contributed by atoms with Crippen LogP contribution in [0.3, 0.4) is 0 Å². The average Bonchev–Trinajstić information content (AvgIpc) is 3.06. The van der Waals surface area contributed by atoms with E-state index in [4.69, 9.17) is 0 Å².